The molecule has 1 aromatic carbocycles. The number of benzene rings is 1. The SMILES string of the molecule is Nc1cc(-c2cccnc2)cc2cc(NC(=O)C3CC3CO)ncc12. The predicted octanol–water partition coefficient (Wildman–Crippen LogP) is 2.45. The number of nitrogen functional groups attached to an aromatic ring is 1. The summed E-state index contributed by atoms with van der Waals surface area (Å²) in [7, 11) is 0. The van der Waals surface area contributed by atoms with Crippen molar-refractivity contribution in [1.82, 2.24) is 9.97 Å². The van der Waals surface area contributed by atoms with E-state index >= 15 is 0 Å². The molecule has 0 radical (unpaired) electrons. The molecule has 0 aliphatic heterocycles. The van der Waals surface area contributed by atoms with E-state index < -0.39 is 0 Å². The van der Waals surface area contributed by atoms with Crippen LogP contribution in [0.15, 0.2) is 48.9 Å². The number of aliphatic hydroxyl groups excluding tert-OH is 1. The van der Waals surface area contributed by atoms with Gasteiger partial charge in [-0.05, 0) is 47.6 Å². The zero-order valence-corrected chi connectivity index (χ0v) is 13.5. The van der Waals surface area contributed by atoms with Crippen LogP contribution in [0.25, 0.3) is 21.9 Å². The predicted molar refractivity (Wildman–Crippen MR) is 96.7 cm³/mol. The van der Waals surface area contributed by atoms with E-state index in [1.165, 1.54) is 0 Å². The monoisotopic (exact) mass is 334 g/mol. The van der Waals surface area contributed by atoms with Crippen molar-refractivity contribution in [2.75, 3.05) is 17.7 Å². The highest BCUT2D eigenvalue weighted by Crippen LogP contribution is 2.38. The van der Waals surface area contributed by atoms with Crippen molar-refractivity contribution in [1.29, 1.82) is 0 Å². The maximum absolute atomic E-state index is 12.1. The maximum atomic E-state index is 12.1. The van der Waals surface area contributed by atoms with Crippen molar-refractivity contribution in [3.05, 3.63) is 48.9 Å². The molecule has 0 saturated heterocycles. The summed E-state index contributed by atoms with van der Waals surface area (Å²) in [6.45, 7) is 0.0498. The van der Waals surface area contributed by atoms with Crippen LogP contribution in [-0.4, -0.2) is 27.6 Å². The van der Waals surface area contributed by atoms with Gasteiger partial charge in [-0.25, -0.2) is 4.98 Å². The zero-order valence-electron chi connectivity index (χ0n) is 13.5. The lowest BCUT2D eigenvalue weighted by Gasteiger charge is -2.09. The topological polar surface area (TPSA) is 101 Å². The van der Waals surface area contributed by atoms with Crippen molar-refractivity contribution in [2.24, 2.45) is 11.8 Å². The second-order valence-corrected chi connectivity index (χ2v) is 6.37. The van der Waals surface area contributed by atoms with Crippen LogP contribution in [-0.2, 0) is 4.79 Å². The Hall–Kier alpha value is -2.99. The van der Waals surface area contributed by atoms with E-state index in [1.807, 2.05) is 30.3 Å². The lowest BCUT2D eigenvalue weighted by molar-refractivity contribution is -0.117. The van der Waals surface area contributed by atoms with Gasteiger partial charge in [-0.3, -0.25) is 9.78 Å². The number of amides is 1. The molecule has 0 spiro atoms. The molecule has 1 fully saturated rings. The molecular weight excluding hydrogens is 316 g/mol. The van der Waals surface area contributed by atoms with E-state index in [0.29, 0.717) is 11.5 Å². The van der Waals surface area contributed by atoms with Crippen LogP contribution in [0.1, 0.15) is 6.42 Å². The standard InChI is InChI=1S/C19H18N4O2/c20-17-6-12(11-2-1-3-21-8-11)4-13-7-18(22-9-16(13)17)23-19(25)15-5-14(15)10-24/h1-4,6-9,14-15,24H,5,10,20H2,(H,22,23,25). The maximum Gasteiger partial charge on any atom is 0.229 e. The summed E-state index contributed by atoms with van der Waals surface area (Å²) in [5, 5.41) is 13.7. The van der Waals surface area contributed by atoms with Gasteiger partial charge < -0.3 is 16.2 Å². The summed E-state index contributed by atoms with van der Waals surface area (Å²) < 4.78 is 0. The molecule has 1 aliphatic rings. The third-order valence-electron chi connectivity index (χ3n) is 4.61. The minimum absolute atomic E-state index is 0.0498. The van der Waals surface area contributed by atoms with Crippen molar-refractivity contribution in [2.45, 2.75) is 6.42 Å². The van der Waals surface area contributed by atoms with Gasteiger partial charge in [0.05, 0.1) is 0 Å². The minimum Gasteiger partial charge on any atom is -0.398 e. The lowest BCUT2D eigenvalue weighted by atomic mass is 10.0. The highest BCUT2D eigenvalue weighted by Gasteiger charge is 2.42. The third-order valence-corrected chi connectivity index (χ3v) is 4.61. The molecular formula is C19H18N4O2. The molecule has 4 N–H and O–H groups in total. The number of nitrogens with two attached hydrogens (primary N) is 1. The molecule has 126 valence electrons. The Morgan fingerprint density at radius 2 is 2.16 bits per heavy atom. The first kappa shape index (κ1) is 15.5. The number of nitrogens with one attached hydrogen (secondary N) is 1. The number of carbonyl (C=O) groups is 1. The summed E-state index contributed by atoms with van der Waals surface area (Å²) in [6.07, 6.45) is 5.91. The van der Waals surface area contributed by atoms with Gasteiger partial charge >= 0.3 is 0 Å². The summed E-state index contributed by atoms with van der Waals surface area (Å²) in [6, 6.07) is 9.57. The van der Waals surface area contributed by atoms with E-state index in [9.17, 15) is 4.79 Å². The largest absolute Gasteiger partial charge is 0.398 e. The second kappa shape index (κ2) is 6.14. The second-order valence-electron chi connectivity index (χ2n) is 6.37. The van der Waals surface area contributed by atoms with E-state index in [-0.39, 0.29) is 24.3 Å². The van der Waals surface area contributed by atoms with Crippen LogP contribution < -0.4 is 11.1 Å². The van der Waals surface area contributed by atoms with Crippen LogP contribution in [0.4, 0.5) is 11.5 Å². The van der Waals surface area contributed by atoms with E-state index in [1.54, 1.807) is 18.6 Å². The van der Waals surface area contributed by atoms with E-state index in [4.69, 9.17) is 10.8 Å². The Balaban J connectivity index is 1.66. The lowest BCUT2D eigenvalue weighted by Crippen LogP contribution is -2.16. The molecule has 6 nitrogen and oxygen atoms in total. The van der Waals surface area contributed by atoms with Crippen LogP contribution in [0.3, 0.4) is 0 Å². The fraction of sp³-hybridized carbons (Fsp3) is 0.211. The fourth-order valence-electron chi connectivity index (χ4n) is 3.04. The molecule has 3 aromatic rings. The van der Waals surface area contributed by atoms with Crippen molar-refractivity contribution < 1.29 is 9.90 Å². The first-order valence-electron chi connectivity index (χ1n) is 8.17. The molecule has 0 bridgehead atoms. The van der Waals surface area contributed by atoms with Gasteiger partial charge in [0.2, 0.25) is 5.91 Å². The molecule has 25 heavy (non-hydrogen) atoms. The van der Waals surface area contributed by atoms with Crippen LogP contribution in [0.5, 0.6) is 0 Å². The van der Waals surface area contributed by atoms with Crippen LogP contribution in [0.2, 0.25) is 0 Å². The molecule has 2 aromatic heterocycles. The number of rotatable bonds is 4. The molecule has 1 amide bonds. The first-order valence-corrected chi connectivity index (χ1v) is 8.17. The Kier molecular flexibility index (Phi) is 3.82. The normalized spacial score (nSPS) is 18.9. The number of hydrogen-bond acceptors (Lipinski definition) is 5. The molecule has 6 heteroatoms. The minimum atomic E-state index is -0.116. The van der Waals surface area contributed by atoms with Crippen molar-refractivity contribution in [3.63, 3.8) is 0 Å². The quantitative estimate of drug-likeness (QED) is 0.636. The molecule has 1 aliphatic carbocycles. The number of pyridine rings is 2. The zero-order chi connectivity index (χ0) is 17.4. The summed E-state index contributed by atoms with van der Waals surface area (Å²) >= 11 is 0. The van der Waals surface area contributed by atoms with Gasteiger partial charge in [0.1, 0.15) is 5.82 Å². The molecule has 2 heterocycles. The van der Waals surface area contributed by atoms with Crippen molar-refractivity contribution in [3.8, 4) is 11.1 Å². The van der Waals surface area contributed by atoms with Gasteiger partial charge in [0, 0.05) is 47.8 Å². The average molecular weight is 334 g/mol. The molecule has 4 rings (SSSR count). The number of carbonyl (C=O) groups excluding carboxylic acids is 1. The van der Waals surface area contributed by atoms with Gasteiger partial charge in [-0.2, -0.15) is 0 Å². The molecule has 1 saturated carbocycles. The summed E-state index contributed by atoms with van der Waals surface area (Å²) in [5.41, 5.74) is 8.73. The fourth-order valence-corrected chi connectivity index (χ4v) is 3.04. The highest BCUT2D eigenvalue weighted by molar-refractivity contribution is 6.00. The van der Waals surface area contributed by atoms with Crippen molar-refractivity contribution >= 4 is 28.2 Å². The number of fused-ring (bicyclic) bond motifs is 1. The average Bonchev–Trinajstić information content (AvgIpc) is 3.42. The van der Waals surface area contributed by atoms with Gasteiger partial charge in [0.15, 0.2) is 0 Å². The first-order chi connectivity index (χ1) is 12.2. The molecule has 2 unspecified atom stereocenters. The number of nitrogens with zero attached hydrogens (tertiary/aromatic N) is 2. The van der Waals surface area contributed by atoms with Crippen LogP contribution >= 0.6 is 0 Å². The number of hydrogen-bond donors (Lipinski definition) is 3. The smallest absolute Gasteiger partial charge is 0.229 e. The highest BCUT2D eigenvalue weighted by atomic mass is 16.3. The Labute approximate surface area is 144 Å². The Bertz CT molecular complexity index is 943. The third kappa shape index (κ3) is 3.04. The Morgan fingerprint density at radius 3 is 2.88 bits per heavy atom. The van der Waals surface area contributed by atoms with Gasteiger partial charge in [-0.15, -0.1) is 0 Å². The molecule has 2 atom stereocenters. The van der Waals surface area contributed by atoms with Gasteiger partial charge in [0.25, 0.3) is 0 Å². The number of aromatic nitrogens is 2. The summed E-state index contributed by atoms with van der Waals surface area (Å²) in [4.78, 5) is 20.6. The van der Waals surface area contributed by atoms with E-state index in [0.717, 1.165) is 28.3 Å². The summed E-state index contributed by atoms with van der Waals surface area (Å²) in [5.74, 6) is 0.355. The number of aliphatic hydroxyl groups is 1. The Morgan fingerprint density at radius 1 is 1.28 bits per heavy atom. The number of anilines is 2. The van der Waals surface area contributed by atoms with E-state index in [2.05, 4.69) is 15.3 Å². The van der Waals surface area contributed by atoms with Crippen LogP contribution in [0, 0.1) is 11.8 Å². The van der Waals surface area contributed by atoms with Gasteiger partial charge in [-0.1, -0.05) is 6.07 Å².